The Balaban J connectivity index is 1.69. The fraction of sp³-hybridized carbons (Fsp3) is 0.667. The molecule has 0 heterocycles. The number of ketones is 2. The highest BCUT2D eigenvalue weighted by atomic mass is 35.5. The van der Waals surface area contributed by atoms with Crippen molar-refractivity contribution in [1.29, 1.82) is 0 Å². The molecule has 0 radical (unpaired) electrons. The third-order valence-electron chi connectivity index (χ3n) is 8.19. The van der Waals surface area contributed by atoms with Crippen LogP contribution >= 0.6 is 11.6 Å². The SMILES string of the molecule is CCOC(=O)OC[C@]12CC(=O)[C@H]3[C@@H](CCC4=CC(=O)C=C[C@@]43C)[C@@H]1CCC2C(=O)OCCl. The number of carbonyl (C=O) groups excluding carboxylic acids is 4. The first-order valence-electron chi connectivity index (χ1n) is 11.3. The summed E-state index contributed by atoms with van der Waals surface area (Å²) in [6.07, 6.45) is 7.19. The molecule has 0 saturated heterocycles. The molecule has 0 aromatic carbocycles. The molecular weight excluding hydrogens is 436 g/mol. The minimum atomic E-state index is -0.833. The number of hydrogen-bond acceptors (Lipinski definition) is 7. The van der Waals surface area contributed by atoms with Gasteiger partial charge in [-0.05, 0) is 56.6 Å². The molecule has 3 fully saturated rings. The van der Waals surface area contributed by atoms with Gasteiger partial charge in [0.1, 0.15) is 12.4 Å². The summed E-state index contributed by atoms with van der Waals surface area (Å²) in [6.45, 7) is 3.83. The lowest BCUT2D eigenvalue weighted by atomic mass is 9.47. The second-order valence-corrected chi connectivity index (χ2v) is 9.74. The lowest BCUT2D eigenvalue weighted by Crippen LogP contribution is -2.57. The van der Waals surface area contributed by atoms with E-state index in [9.17, 15) is 19.2 Å². The summed E-state index contributed by atoms with van der Waals surface area (Å²) < 4.78 is 15.5. The Morgan fingerprint density at radius 2 is 1.94 bits per heavy atom. The molecule has 3 saturated carbocycles. The molecule has 1 unspecified atom stereocenters. The zero-order valence-corrected chi connectivity index (χ0v) is 19.2. The Hall–Kier alpha value is -2.15. The zero-order chi connectivity index (χ0) is 23.1. The first kappa shape index (κ1) is 23.0. The van der Waals surface area contributed by atoms with Crippen molar-refractivity contribution in [2.45, 2.75) is 46.0 Å². The highest BCUT2D eigenvalue weighted by Crippen LogP contribution is 2.65. The zero-order valence-electron chi connectivity index (χ0n) is 18.4. The number of rotatable bonds is 5. The van der Waals surface area contributed by atoms with Crippen LogP contribution in [0.4, 0.5) is 4.79 Å². The van der Waals surface area contributed by atoms with Crippen molar-refractivity contribution in [3.05, 3.63) is 23.8 Å². The van der Waals surface area contributed by atoms with Gasteiger partial charge in [-0.25, -0.2) is 4.79 Å². The van der Waals surface area contributed by atoms with Crippen molar-refractivity contribution in [3.8, 4) is 0 Å². The molecule has 4 aliphatic rings. The van der Waals surface area contributed by atoms with Gasteiger partial charge in [-0.1, -0.05) is 30.2 Å². The van der Waals surface area contributed by atoms with E-state index in [1.54, 1.807) is 19.1 Å². The maximum Gasteiger partial charge on any atom is 0.508 e. The Labute approximate surface area is 192 Å². The summed E-state index contributed by atoms with van der Waals surface area (Å²) >= 11 is 5.65. The molecule has 0 aromatic rings. The van der Waals surface area contributed by atoms with E-state index in [1.165, 1.54) is 0 Å². The van der Waals surface area contributed by atoms with E-state index in [1.807, 2.05) is 13.0 Å². The van der Waals surface area contributed by atoms with Crippen LogP contribution in [0.25, 0.3) is 0 Å². The second-order valence-electron chi connectivity index (χ2n) is 9.53. The van der Waals surface area contributed by atoms with Gasteiger partial charge in [0.15, 0.2) is 11.8 Å². The first-order chi connectivity index (χ1) is 15.3. The molecule has 0 spiro atoms. The van der Waals surface area contributed by atoms with Crippen molar-refractivity contribution < 1.29 is 33.4 Å². The van der Waals surface area contributed by atoms with Gasteiger partial charge >= 0.3 is 12.1 Å². The minimum Gasteiger partial charge on any atom is -0.449 e. The smallest absolute Gasteiger partial charge is 0.449 e. The summed E-state index contributed by atoms with van der Waals surface area (Å²) in [6, 6.07) is -0.264. The van der Waals surface area contributed by atoms with Crippen LogP contribution in [0, 0.1) is 34.5 Å². The van der Waals surface area contributed by atoms with Crippen molar-refractivity contribution in [2.24, 2.45) is 34.5 Å². The number of halogens is 1. The molecule has 8 heteroatoms. The molecule has 4 aliphatic carbocycles. The minimum absolute atomic E-state index is 0.0110. The Bertz CT molecular complexity index is 893. The molecule has 0 N–H and O–H groups in total. The molecule has 0 aromatic heterocycles. The van der Waals surface area contributed by atoms with E-state index < -0.39 is 28.9 Å². The maximum absolute atomic E-state index is 13.7. The second kappa shape index (κ2) is 8.65. The van der Waals surface area contributed by atoms with Gasteiger partial charge in [0.25, 0.3) is 0 Å². The lowest BCUT2D eigenvalue weighted by Gasteiger charge is -2.56. The summed E-state index contributed by atoms with van der Waals surface area (Å²) in [5, 5.41) is 0. The van der Waals surface area contributed by atoms with Gasteiger partial charge in [0.05, 0.1) is 12.5 Å². The van der Waals surface area contributed by atoms with Crippen LogP contribution in [0.3, 0.4) is 0 Å². The van der Waals surface area contributed by atoms with E-state index >= 15 is 0 Å². The highest BCUT2D eigenvalue weighted by Gasteiger charge is 2.65. The molecule has 0 amide bonds. The third kappa shape index (κ3) is 3.58. The topological polar surface area (TPSA) is 96.0 Å². The van der Waals surface area contributed by atoms with Gasteiger partial charge in [0.2, 0.25) is 0 Å². The monoisotopic (exact) mass is 464 g/mol. The quantitative estimate of drug-likeness (QED) is 0.448. The largest absolute Gasteiger partial charge is 0.508 e. The van der Waals surface area contributed by atoms with Crippen LogP contribution in [0.2, 0.25) is 0 Å². The molecule has 6 atom stereocenters. The third-order valence-corrected chi connectivity index (χ3v) is 8.30. The maximum atomic E-state index is 13.7. The van der Waals surface area contributed by atoms with Gasteiger partial charge < -0.3 is 14.2 Å². The van der Waals surface area contributed by atoms with Gasteiger partial charge in [-0.2, -0.15) is 0 Å². The number of ether oxygens (including phenoxy) is 3. The lowest BCUT2D eigenvalue weighted by molar-refractivity contribution is -0.162. The van der Waals surface area contributed by atoms with Crippen LogP contribution in [0.5, 0.6) is 0 Å². The van der Waals surface area contributed by atoms with E-state index in [2.05, 4.69) is 0 Å². The fourth-order valence-electron chi connectivity index (χ4n) is 6.95. The summed E-state index contributed by atoms with van der Waals surface area (Å²) in [4.78, 5) is 50.5. The predicted molar refractivity (Wildman–Crippen MR) is 115 cm³/mol. The van der Waals surface area contributed by atoms with Gasteiger partial charge in [-0.15, -0.1) is 0 Å². The highest BCUT2D eigenvalue weighted by molar-refractivity contribution is 6.17. The Morgan fingerprint density at radius 3 is 2.66 bits per heavy atom. The van der Waals surface area contributed by atoms with Crippen LogP contribution in [-0.2, 0) is 28.6 Å². The van der Waals surface area contributed by atoms with Crippen molar-refractivity contribution in [3.63, 3.8) is 0 Å². The number of alkyl halides is 1. The molecule has 4 rings (SSSR count). The summed E-state index contributed by atoms with van der Waals surface area (Å²) in [5.74, 6) is -1.26. The Morgan fingerprint density at radius 1 is 1.16 bits per heavy atom. The van der Waals surface area contributed by atoms with Crippen LogP contribution in [0.15, 0.2) is 23.8 Å². The molecule has 174 valence electrons. The van der Waals surface area contributed by atoms with E-state index in [0.29, 0.717) is 6.42 Å². The van der Waals surface area contributed by atoms with E-state index in [-0.39, 0.29) is 55.0 Å². The number of esters is 1. The average molecular weight is 465 g/mol. The average Bonchev–Trinajstić information content (AvgIpc) is 3.12. The molecule has 0 bridgehead atoms. The molecule has 7 nitrogen and oxygen atoms in total. The number of allylic oxidation sites excluding steroid dienone is 4. The van der Waals surface area contributed by atoms with Crippen molar-refractivity contribution in [2.75, 3.05) is 19.3 Å². The first-order valence-corrected chi connectivity index (χ1v) is 11.8. The van der Waals surface area contributed by atoms with Gasteiger partial charge in [-0.3, -0.25) is 14.4 Å². The van der Waals surface area contributed by atoms with Crippen molar-refractivity contribution >= 4 is 35.3 Å². The number of carbonyl (C=O) groups is 4. The van der Waals surface area contributed by atoms with E-state index in [0.717, 1.165) is 24.8 Å². The summed E-state index contributed by atoms with van der Waals surface area (Å²) in [7, 11) is 0. The molecule has 32 heavy (non-hydrogen) atoms. The molecule has 0 aliphatic heterocycles. The van der Waals surface area contributed by atoms with Gasteiger partial charge in [0, 0.05) is 23.2 Å². The fourth-order valence-corrected chi connectivity index (χ4v) is 7.06. The Kier molecular flexibility index (Phi) is 6.23. The van der Waals surface area contributed by atoms with Crippen LogP contribution in [0.1, 0.15) is 46.0 Å². The van der Waals surface area contributed by atoms with E-state index in [4.69, 9.17) is 25.8 Å². The van der Waals surface area contributed by atoms with Crippen molar-refractivity contribution in [1.82, 2.24) is 0 Å². The predicted octanol–water partition coefficient (Wildman–Crippen LogP) is 3.98. The molecular formula is C24H29ClO7. The normalized spacial score (nSPS) is 37.7. The van der Waals surface area contributed by atoms with Crippen LogP contribution < -0.4 is 0 Å². The number of hydrogen-bond donors (Lipinski definition) is 0. The van der Waals surface area contributed by atoms with Crippen LogP contribution in [-0.4, -0.2) is 43.0 Å². The summed E-state index contributed by atoms with van der Waals surface area (Å²) in [5.41, 5.74) is -0.331. The standard InChI is InChI=1S/C24H29ClO7/c1-3-30-22(29)31-12-24-11-19(27)20-16(17(24)6-7-18(24)21(28)32-13-25)5-4-14-10-15(26)8-9-23(14,20)2/h8-10,16-18,20H,3-7,11-13H2,1-2H3/t16-,17-,18?,20+,23-,24+/m0/s1. The number of Topliss-reactive ketones (excluding diaryl/α,β-unsaturated/α-hetero) is 1. The number of fused-ring (bicyclic) bond motifs is 5.